The number of H-pyrrole nitrogens is 1. The van der Waals surface area contributed by atoms with Crippen molar-refractivity contribution in [3.63, 3.8) is 0 Å². The van der Waals surface area contributed by atoms with Gasteiger partial charge in [-0.1, -0.05) is 6.07 Å². The van der Waals surface area contributed by atoms with E-state index in [1.807, 2.05) is 26.0 Å². The summed E-state index contributed by atoms with van der Waals surface area (Å²) in [7, 11) is 0. The first-order valence-corrected chi connectivity index (χ1v) is 5.83. The molecule has 1 heterocycles. The molecule has 2 rings (SSSR count). The number of aryl methyl sites for hydroxylation is 1. The molecule has 0 radical (unpaired) electrons. The topological polar surface area (TPSA) is 106 Å². The van der Waals surface area contributed by atoms with E-state index in [0.717, 1.165) is 5.56 Å². The number of carbonyl (C=O) groups excluding carboxylic acids is 1. The molecular weight excluding hydrogens is 246 g/mol. The van der Waals surface area contributed by atoms with Crippen molar-refractivity contribution >= 4 is 17.5 Å². The van der Waals surface area contributed by atoms with E-state index >= 15 is 0 Å². The molecule has 0 aliphatic rings. The number of carbonyl (C=O) groups is 1. The van der Waals surface area contributed by atoms with E-state index < -0.39 is 5.91 Å². The summed E-state index contributed by atoms with van der Waals surface area (Å²) in [6.45, 7) is 4.35. The fraction of sp³-hybridized carbons (Fsp3) is 0.250. The molecule has 4 N–H and O–H groups in total. The number of aromatic amines is 1. The van der Waals surface area contributed by atoms with Crippen molar-refractivity contribution in [2.75, 3.05) is 17.7 Å². The summed E-state index contributed by atoms with van der Waals surface area (Å²) in [5.74, 6) is 0.275. The van der Waals surface area contributed by atoms with E-state index in [-0.39, 0.29) is 11.8 Å². The highest BCUT2D eigenvalue weighted by molar-refractivity contribution is 6.02. The normalized spacial score (nSPS) is 10.2. The highest BCUT2D eigenvalue weighted by Gasteiger charge is 2.13. The van der Waals surface area contributed by atoms with Crippen LogP contribution in [0.25, 0.3) is 0 Å². The first-order chi connectivity index (χ1) is 9.10. The number of hydrogen-bond acceptors (Lipinski definition) is 5. The summed E-state index contributed by atoms with van der Waals surface area (Å²) in [5, 5.41) is 8.75. The molecule has 1 aromatic carbocycles. The predicted molar refractivity (Wildman–Crippen MR) is 71.1 cm³/mol. The molecule has 1 aromatic heterocycles. The van der Waals surface area contributed by atoms with Crippen molar-refractivity contribution < 1.29 is 9.53 Å². The summed E-state index contributed by atoms with van der Waals surface area (Å²) in [5.41, 5.74) is 6.97. The number of ether oxygens (including phenoxy) is 1. The summed E-state index contributed by atoms with van der Waals surface area (Å²) in [6.07, 6.45) is 0. The van der Waals surface area contributed by atoms with Crippen LogP contribution < -0.4 is 15.8 Å². The summed E-state index contributed by atoms with van der Waals surface area (Å²) in [6, 6.07) is 5.51. The van der Waals surface area contributed by atoms with Crippen LogP contribution in [0.4, 0.5) is 11.6 Å². The van der Waals surface area contributed by atoms with Crippen molar-refractivity contribution in [2.45, 2.75) is 13.8 Å². The van der Waals surface area contributed by atoms with Crippen molar-refractivity contribution in [2.24, 2.45) is 0 Å². The molecule has 0 aliphatic heterocycles. The number of nitrogens with zero attached hydrogens (tertiary/aromatic N) is 2. The quantitative estimate of drug-likeness (QED) is 0.770. The number of amides is 1. The minimum absolute atomic E-state index is 0.0269. The molecule has 7 heteroatoms. The maximum Gasteiger partial charge on any atom is 0.293 e. The molecule has 0 bridgehead atoms. The molecule has 2 aromatic rings. The lowest BCUT2D eigenvalue weighted by Crippen LogP contribution is -2.14. The number of nitrogen functional groups attached to an aromatic ring is 1. The Morgan fingerprint density at radius 1 is 1.53 bits per heavy atom. The van der Waals surface area contributed by atoms with Gasteiger partial charge in [0.2, 0.25) is 11.8 Å². The smallest absolute Gasteiger partial charge is 0.293 e. The molecule has 0 unspecified atom stereocenters. The minimum Gasteiger partial charge on any atom is -0.492 e. The molecule has 0 aliphatic carbocycles. The number of anilines is 2. The molecule has 19 heavy (non-hydrogen) atoms. The lowest BCUT2D eigenvalue weighted by Gasteiger charge is -2.11. The molecule has 0 saturated heterocycles. The number of rotatable bonds is 4. The molecule has 0 spiro atoms. The van der Waals surface area contributed by atoms with Gasteiger partial charge >= 0.3 is 0 Å². The Hall–Kier alpha value is -2.57. The zero-order chi connectivity index (χ0) is 13.8. The Balaban J connectivity index is 2.20. The molecule has 1 amide bonds. The zero-order valence-corrected chi connectivity index (χ0v) is 10.7. The van der Waals surface area contributed by atoms with Crippen LogP contribution in [0.5, 0.6) is 5.75 Å². The third-order valence-electron chi connectivity index (χ3n) is 2.40. The number of aromatic nitrogens is 3. The average Bonchev–Trinajstić information content (AvgIpc) is 2.80. The Labute approximate surface area is 110 Å². The third-order valence-corrected chi connectivity index (χ3v) is 2.40. The van der Waals surface area contributed by atoms with Gasteiger partial charge in [-0.2, -0.15) is 4.98 Å². The van der Waals surface area contributed by atoms with Gasteiger partial charge in [-0.15, -0.1) is 5.10 Å². The van der Waals surface area contributed by atoms with E-state index in [1.54, 1.807) is 6.07 Å². The number of nitrogens with one attached hydrogen (secondary N) is 2. The molecule has 0 fully saturated rings. The standard InChI is InChI=1S/C12H15N5O2/c1-3-19-9-6-7(2)4-5-8(9)14-11(18)10-15-12(13)17-16-10/h4-6H,3H2,1-2H3,(H,14,18)(H3,13,15,16,17). The van der Waals surface area contributed by atoms with Crippen LogP contribution in [0.1, 0.15) is 23.1 Å². The fourth-order valence-corrected chi connectivity index (χ4v) is 1.57. The van der Waals surface area contributed by atoms with Gasteiger partial charge in [-0.05, 0) is 31.5 Å². The minimum atomic E-state index is -0.422. The number of nitrogens with two attached hydrogens (primary N) is 1. The first-order valence-electron chi connectivity index (χ1n) is 5.83. The van der Waals surface area contributed by atoms with E-state index in [2.05, 4.69) is 20.5 Å². The maximum absolute atomic E-state index is 11.9. The number of hydrogen-bond donors (Lipinski definition) is 3. The fourth-order valence-electron chi connectivity index (χ4n) is 1.57. The second-order valence-electron chi connectivity index (χ2n) is 3.93. The third kappa shape index (κ3) is 3.01. The molecule has 0 atom stereocenters. The van der Waals surface area contributed by atoms with Gasteiger partial charge in [0.1, 0.15) is 5.75 Å². The van der Waals surface area contributed by atoms with Crippen LogP contribution in [-0.2, 0) is 0 Å². The van der Waals surface area contributed by atoms with Gasteiger partial charge < -0.3 is 15.8 Å². The van der Waals surface area contributed by atoms with Gasteiger partial charge in [0.05, 0.1) is 12.3 Å². The highest BCUT2D eigenvalue weighted by Crippen LogP contribution is 2.26. The Bertz CT molecular complexity index is 594. The lowest BCUT2D eigenvalue weighted by molar-refractivity contribution is 0.101. The second kappa shape index (κ2) is 5.38. The van der Waals surface area contributed by atoms with Crippen LogP contribution in [0.2, 0.25) is 0 Å². The highest BCUT2D eigenvalue weighted by atomic mass is 16.5. The summed E-state index contributed by atoms with van der Waals surface area (Å²) < 4.78 is 5.47. The lowest BCUT2D eigenvalue weighted by atomic mass is 10.2. The van der Waals surface area contributed by atoms with Gasteiger partial charge in [0.15, 0.2) is 0 Å². The average molecular weight is 261 g/mol. The first kappa shape index (κ1) is 12.9. The van der Waals surface area contributed by atoms with Crippen LogP contribution in [0.3, 0.4) is 0 Å². The van der Waals surface area contributed by atoms with E-state index in [4.69, 9.17) is 10.5 Å². The summed E-state index contributed by atoms with van der Waals surface area (Å²) in [4.78, 5) is 15.7. The second-order valence-corrected chi connectivity index (χ2v) is 3.93. The van der Waals surface area contributed by atoms with Gasteiger partial charge in [0, 0.05) is 0 Å². The Morgan fingerprint density at radius 2 is 2.32 bits per heavy atom. The Kier molecular flexibility index (Phi) is 3.65. The largest absolute Gasteiger partial charge is 0.492 e. The van der Waals surface area contributed by atoms with Crippen molar-refractivity contribution in [3.05, 3.63) is 29.6 Å². The van der Waals surface area contributed by atoms with E-state index in [1.165, 1.54) is 0 Å². The predicted octanol–water partition coefficient (Wildman–Crippen LogP) is 1.35. The van der Waals surface area contributed by atoms with Crippen LogP contribution in [0.15, 0.2) is 18.2 Å². The van der Waals surface area contributed by atoms with Gasteiger partial charge in [-0.25, -0.2) is 0 Å². The summed E-state index contributed by atoms with van der Waals surface area (Å²) >= 11 is 0. The van der Waals surface area contributed by atoms with E-state index in [9.17, 15) is 4.79 Å². The Morgan fingerprint density at radius 3 is 2.95 bits per heavy atom. The molecular formula is C12H15N5O2. The monoisotopic (exact) mass is 261 g/mol. The van der Waals surface area contributed by atoms with Gasteiger partial charge in [0.25, 0.3) is 5.91 Å². The SMILES string of the molecule is CCOc1cc(C)ccc1NC(=O)c1nc(N)n[nH]1. The van der Waals surface area contributed by atoms with Crippen molar-refractivity contribution in [3.8, 4) is 5.75 Å². The number of benzene rings is 1. The van der Waals surface area contributed by atoms with Crippen LogP contribution in [-0.4, -0.2) is 27.7 Å². The van der Waals surface area contributed by atoms with Crippen molar-refractivity contribution in [1.29, 1.82) is 0 Å². The molecule has 7 nitrogen and oxygen atoms in total. The van der Waals surface area contributed by atoms with Crippen LogP contribution >= 0.6 is 0 Å². The van der Waals surface area contributed by atoms with Gasteiger partial charge in [-0.3, -0.25) is 9.89 Å². The van der Waals surface area contributed by atoms with E-state index in [0.29, 0.717) is 18.0 Å². The maximum atomic E-state index is 11.9. The van der Waals surface area contributed by atoms with Crippen LogP contribution in [0, 0.1) is 6.92 Å². The van der Waals surface area contributed by atoms with Crippen molar-refractivity contribution in [1.82, 2.24) is 15.2 Å². The molecule has 0 saturated carbocycles. The zero-order valence-electron chi connectivity index (χ0n) is 10.7. The molecule has 100 valence electrons.